The molecule has 0 spiro atoms. The molecule has 16 heteroatoms. The number of carbonyl (C=O) groups is 5. The molecule has 70 heavy (non-hydrogen) atoms. The van der Waals surface area contributed by atoms with E-state index in [2.05, 4.69) is 0 Å². The Morgan fingerprint density at radius 3 is 1.10 bits per heavy atom. The molecule has 6 atom stereocenters. The predicted molar refractivity (Wildman–Crippen MR) is 251 cm³/mol. The highest BCUT2D eigenvalue weighted by molar-refractivity contribution is 7.49. The first kappa shape index (κ1) is 48.1. The van der Waals surface area contributed by atoms with E-state index in [9.17, 15) is 28.5 Å². The van der Waals surface area contributed by atoms with Gasteiger partial charge in [0.2, 0.25) is 12.4 Å². The molecule has 7 aromatic rings. The zero-order valence-corrected chi connectivity index (χ0v) is 37.8. The van der Waals surface area contributed by atoms with Crippen LogP contribution in [0.2, 0.25) is 0 Å². The molecule has 1 saturated heterocycles. The standard InChI is InChI=1S/C54H43O15P/c55-49(37-22-8-1-9-23-37)62-44(36-61-70(60,68-42-32-18-6-19-33-42)69-43-34-20-7-21-35-43)45-46(63-50(56)38-24-10-2-11-25-38)47(64-51(57)39-26-12-3-13-27-39)48(65-52(58)40-28-14-4-15-29-40)54(66-45)67-53(59)41-30-16-5-17-31-41/h1-35,44-48,54H,36H2/t44-,45-,46-,47+,48+,54-/m1/s1. The Morgan fingerprint density at radius 2 is 0.714 bits per heavy atom. The van der Waals surface area contributed by atoms with Crippen molar-refractivity contribution in [2.24, 2.45) is 0 Å². The predicted octanol–water partition coefficient (Wildman–Crippen LogP) is 9.75. The summed E-state index contributed by atoms with van der Waals surface area (Å²) in [5.74, 6) is -4.76. The van der Waals surface area contributed by atoms with Crippen LogP contribution >= 0.6 is 7.82 Å². The SMILES string of the molecule is O=C(O[C@H]1O[C@H]([C@@H](COP(=O)(Oc2ccccc2)Oc2ccccc2)OC(=O)c2ccccc2)[C@@H](OC(=O)c2ccccc2)[C@H](OC(=O)c2ccccc2)[C@@H]1OC(=O)c1ccccc1)c1ccccc1. The Kier molecular flexibility index (Phi) is 15.9. The summed E-state index contributed by atoms with van der Waals surface area (Å²) in [6, 6.07) is 54.7. The van der Waals surface area contributed by atoms with Crippen LogP contribution in [0.25, 0.3) is 0 Å². The monoisotopic (exact) mass is 962 g/mol. The van der Waals surface area contributed by atoms with Crippen LogP contribution in [0.4, 0.5) is 0 Å². The van der Waals surface area contributed by atoms with Gasteiger partial charge in [0.05, 0.1) is 27.8 Å². The van der Waals surface area contributed by atoms with Gasteiger partial charge in [-0.3, -0.25) is 4.52 Å². The van der Waals surface area contributed by atoms with Crippen molar-refractivity contribution in [3.63, 3.8) is 0 Å². The molecule has 8 rings (SSSR count). The van der Waals surface area contributed by atoms with Gasteiger partial charge in [0.25, 0.3) is 0 Å². The molecule has 0 aliphatic carbocycles. The van der Waals surface area contributed by atoms with E-state index >= 15 is 0 Å². The van der Waals surface area contributed by atoms with E-state index < -0.39 is 81.1 Å². The maximum Gasteiger partial charge on any atom is 0.587 e. The Bertz CT molecular complexity index is 2830. The number of phosphoric ester groups is 1. The van der Waals surface area contributed by atoms with Crippen molar-refractivity contribution in [2.45, 2.75) is 36.8 Å². The Labute approximate surface area is 402 Å². The van der Waals surface area contributed by atoms with Gasteiger partial charge in [0.15, 0.2) is 18.3 Å². The summed E-state index contributed by atoms with van der Waals surface area (Å²) in [7, 11) is -4.79. The maximum absolute atomic E-state index is 14.9. The summed E-state index contributed by atoms with van der Waals surface area (Å²) in [5, 5.41) is 0. The third-order valence-electron chi connectivity index (χ3n) is 10.5. The summed E-state index contributed by atoms with van der Waals surface area (Å²) in [6.45, 7) is -0.910. The van der Waals surface area contributed by atoms with Crippen molar-refractivity contribution in [1.82, 2.24) is 0 Å². The molecule has 0 radical (unpaired) electrons. The highest BCUT2D eigenvalue weighted by atomic mass is 31.2. The second-order valence-electron chi connectivity index (χ2n) is 15.3. The van der Waals surface area contributed by atoms with E-state index in [0.29, 0.717) is 0 Å². The molecule has 0 bridgehead atoms. The minimum atomic E-state index is -4.79. The minimum Gasteiger partial charge on any atom is -0.453 e. The van der Waals surface area contributed by atoms with E-state index in [4.69, 9.17) is 42.0 Å². The first-order valence-corrected chi connectivity index (χ1v) is 23.3. The lowest BCUT2D eigenvalue weighted by atomic mass is 9.94. The third-order valence-corrected chi connectivity index (χ3v) is 11.8. The van der Waals surface area contributed by atoms with Gasteiger partial charge >= 0.3 is 37.7 Å². The quantitative estimate of drug-likeness (QED) is 0.0449. The summed E-state index contributed by atoms with van der Waals surface area (Å²) in [4.78, 5) is 70.9. The number of para-hydroxylation sites is 2. The van der Waals surface area contributed by atoms with Gasteiger partial charge in [0.1, 0.15) is 24.2 Å². The van der Waals surface area contributed by atoms with Crippen molar-refractivity contribution < 1.29 is 70.5 Å². The van der Waals surface area contributed by atoms with Gasteiger partial charge in [-0.25, -0.2) is 28.5 Å². The van der Waals surface area contributed by atoms with Gasteiger partial charge in [-0.05, 0) is 84.9 Å². The van der Waals surface area contributed by atoms with Gasteiger partial charge in [-0.15, -0.1) is 0 Å². The fraction of sp³-hybridized carbons (Fsp3) is 0.130. The smallest absolute Gasteiger partial charge is 0.453 e. The average molecular weight is 963 g/mol. The van der Waals surface area contributed by atoms with Crippen LogP contribution in [0.15, 0.2) is 212 Å². The van der Waals surface area contributed by atoms with E-state index in [1.807, 2.05) is 0 Å². The van der Waals surface area contributed by atoms with Crippen LogP contribution in [-0.2, 0) is 37.5 Å². The van der Waals surface area contributed by atoms with Crippen LogP contribution in [0.5, 0.6) is 11.5 Å². The first-order valence-electron chi connectivity index (χ1n) is 21.8. The molecule has 1 heterocycles. The normalized spacial score (nSPS) is 17.9. The lowest BCUT2D eigenvalue weighted by Gasteiger charge is -2.45. The number of rotatable bonds is 18. The Morgan fingerprint density at radius 1 is 0.400 bits per heavy atom. The minimum absolute atomic E-state index is 0.0240. The molecule has 0 saturated carbocycles. The fourth-order valence-corrected chi connectivity index (χ4v) is 8.33. The lowest BCUT2D eigenvalue weighted by Crippen LogP contribution is -2.65. The molecule has 354 valence electrons. The third kappa shape index (κ3) is 12.6. The molecule has 0 N–H and O–H groups in total. The molecule has 15 nitrogen and oxygen atoms in total. The van der Waals surface area contributed by atoms with Crippen molar-refractivity contribution in [3.8, 4) is 11.5 Å². The van der Waals surface area contributed by atoms with Gasteiger partial charge < -0.3 is 37.5 Å². The molecule has 7 aromatic carbocycles. The summed E-state index contributed by atoms with van der Waals surface area (Å²) in [5.41, 5.74) is 0.172. The van der Waals surface area contributed by atoms with Crippen LogP contribution in [0.1, 0.15) is 51.8 Å². The summed E-state index contributed by atoms with van der Waals surface area (Å²) >= 11 is 0. The van der Waals surface area contributed by atoms with E-state index in [0.717, 1.165) is 0 Å². The maximum atomic E-state index is 14.9. The number of phosphoric acid groups is 1. The van der Waals surface area contributed by atoms with E-state index in [-0.39, 0.29) is 39.3 Å². The molecule has 0 unspecified atom stereocenters. The second kappa shape index (κ2) is 23.1. The molecule has 0 amide bonds. The van der Waals surface area contributed by atoms with Gasteiger partial charge in [-0.2, -0.15) is 0 Å². The molecule has 1 aliphatic heterocycles. The van der Waals surface area contributed by atoms with Gasteiger partial charge in [-0.1, -0.05) is 127 Å². The Balaban J connectivity index is 1.27. The molecule has 1 fully saturated rings. The fourth-order valence-electron chi connectivity index (χ4n) is 7.10. The molecular weight excluding hydrogens is 920 g/mol. The van der Waals surface area contributed by atoms with Crippen LogP contribution < -0.4 is 9.05 Å². The van der Waals surface area contributed by atoms with Crippen LogP contribution in [-0.4, -0.2) is 73.3 Å². The average Bonchev–Trinajstić information content (AvgIpc) is 3.40. The summed E-state index contributed by atoms with van der Waals surface area (Å²) in [6.07, 6.45) is -11.5. The van der Waals surface area contributed by atoms with Crippen molar-refractivity contribution in [3.05, 3.63) is 240 Å². The lowest BCUT2D eigenvalue weighted by molar-refractivity contribution is -0.294. The topological polar surface area (TPSA) is 185 Å². The van der Waals surface area contributed by atoms with Crippen molar-refractivity contribution in [1.29, 1.82) is 0 Å². The van der Waals surface area contributed by atoms with E-state index in [1.165, 1.54) is 84.9 Å². The highest BCUT2D eigenvalue weighted by Gasteiger charge is 2.57. The first-order chi connectivity index (χ1) is 34.1. The summed E-state index contributed by atoms with van der Waals surface area (Å²) < 4.78 is 69.9. The van der Waals surface area contributed by atoms with Crippen LogP contribution in [0.3, 0.4) is 0 Å². The number of hydrogen-bond acceptors (Lipinski definition) is 15. The van der Waals surface area contributed by atoms with Crippen molar-refractivity contribution in [2.75, 3.05) is 6.61 Å². The zero-order valence-electron chi connectivity index (χ0n) is 36.9. The Hall–Kier alpha value is -8.36. The molecule has 0 aromatic heterocycles. The highest BCUT2D eigenvalue weighted by Crippen LogP contribution is 2.50. The number of carbonyl (C=O) groups excluding carboxylic acids is 5. The largest absolute Gasteiger partial charge is 0.587 e. The zero-order chi connectivity index (χ0) is 48.7. The molecule has 1 aliphatic rings. The number of esters is 5. The number of ether oxygens (including phenoxy) is 6. The van der Waals surface area contributed by atoms with Gasteiger partial charge in [0, 0.05) is 0 Å². The second-order valence-corrected chi connectivity index (χ2v) is 16.8. The molecular formula is C54H43O15P. The number of benzene rings is 7. The van der Waals surface area contributed by atoms with Crippen LogP contribution in [0, 0.1) is 0 Å². The number of hydrogen-bond donors (Lipinski definition) is 0. The van der Waals surface area contributed by atoms with Crippen molar-refractivity contribution >= 4 is 37.7 Å². The van der Waals surface area contributed by atoms with E-state index in [1.54, 1.807) is 127 Å².